The summed E-state index contributed by atoms with van der Waals surface area (Å²) in [5.41, 5.74) is 0. The number of allylic oxidation sites excluding steroid dienone is 2. The van der Waals surface area contributed by atoms with Crippen molar-refractivity contribution in [2.24, 2.45) is 11.8 Å². The van der Waals surface area contributed by atoms with E-state index in [0.29, 0.717) is 38.6 Å². The largest absolute Gasteiger partial charge is 0.481 e. The number of carboxylic acid groups (broad SMARTS) is 1. The van der Waals surface area contributed by atoms with Gasteiger partial charge in [0, 0.05) is 19.5 Å². The second kappa shape index (κ2) is 7.43. The summed E-state index contributed by atoms with van der Waals surface area (Å²) in [6.45, 7) is 2.26. The van der Waals surface area contributed by atoms with Crippen molar-refractivity contribution >= 4 is 11.9 Å². The van der Waals surface area contributed by atoms with Crippen LogP contribution in [0, 0.1) is 11.8 Å². The zero-order chi connectivity index (χ0) is 14.4. The van der Waals surface area contributed by atoms with Crippen LogP contribution in [-0.4, -0.2) is 48.2 Å². The molecule has 0 aromatic carbocycles. The van der Waals surface area contributed by atoms with Crippen LogP contribution >= 0.6 is 0 Å². The van der Waals surface area contributed by atoms with Gasteiger partial charge in [-0.2, -0.15) is 0 Å². The zero-order valence-corrected chi connectivity index (χ0v) is 11.8. The van der Waals surface area contributed by atoms with Gasteiger partial charge in [-0.25, -0.2) is 0 Å². The molecule has 1 heterocycles. The standard InChI is InChI=1S/C15H23NO4/c17-14(16-6-8-20-9-7-16)11-13(15(18)19)10-12-4-2-1-3-5-12/h2,4,12-13H,1,3,5-11H2,(H,18,19)/t12?,13-/m1/s1. The van der Waals surface area contributed by atoms with E-state index in [9.17, 15) is 14.7 Å². The first-order valence-corrected chi connectivity index (χ1v) is 7.42. The summed E-state index contributed by atoms with van der Waals surface area (Å²) in [6, 6.07) is 0. The lowest BCUT2D eigenvalue weighted by Gasteiger charge is -2.28. The van der Waals surface area contributed by atoms with Gasteiger partial charge in [-0.1, -0.05) is 12.2 Å². The predicted molar refractivity (Wildman–Crippen MR) is 74.2 cm³/mol. The maximum Gasteiger partial charge on any atom is 0.307 e. The third kappa shape index (κ3) is 4.34. The number of amides is 1. The Balaban J connectivity index is 1.87. The Morgan fingerprint density at radius 1 is 1.35 bits per heavy atom. The van der Waals surface area contributed by atoms with Crippen LogP contribution in [0.25, 0.3) is 0 Å². The van der Waals surface area contributed by atoms with Gasteiger partial charge in [-0.05, 0) is 31.6 Å². The van der Waals surface area contributed by atoms with Crippen molar-refractivity contribution < 1.29 is 19.4 Å². The topological polar surface area (TPSA) is 66.8 Å². The lowest BCUT2D eigenvalue weighted by molar-refractivity contribution is -0.147. The van der Waals surface area contributed by atoms with E-state index in [2.05, 4.69) is 12.2 Å². The second-order valence-electron chi connectivity index (χ2n) is 5.59. The zero-order valence-electron chi connectivity index (χ0n) is 11.8. The molecule has 2 rings (SSSR count). The van der Waals surface area contributed by atoms with E-state index >= 15 is 0 Å². The second-order valence-corrected chi connectivity index (χ2v) is 5.59. The number of carboxylic acids is 1. The van der Waals surface area contributed by atoms with Crippen LogP contribution in [0.3, 0.4) is 0 Å². The van der Waals surface area contributed by atoms with Crippen LogP contribution in [-0.2, 0) is 14.3 Å². The molecule has 5 heteroatoms. The maximum atomic E-state index is 12.1. The molecule has 0 aromatic rings. The highest BCUT2D eigenvalue weighted by Crippen LogP contribution is 2.26. The number of ether oxygens (including phenoxy) is 1. The van der Waals surface area contributed by atoms with Gasteiger partial charge in [0.05, 0.1) is 19.1 Å². The van der Waals surface area contributed by atoms with E-state index in [4.69, 9.17) is 4.74 Å². The molecule has 0 radical (unpaired) electrons. The third-order valence-electron chi connectivity index (χ3n) is 4.08. The molecule has 0 bridgehead atoms. The predicted octanol–water partition coefficient (Wildman–Crippen LogP) is 1.68. The summed E-state index contributed by atoms with van der Waals surface area (Å²) in [5, 5.41) is 9.33. The molecule has 2 atom stereocenters. The molecule has 1 amide bonds. The highest BCUT2D eigenvalue weighted by Gasteiger charge is 2.27. The van der Waals surface area contributed by atoms with Crippen molar-refractivity contribution in [2.75, 3.05) is 26.3 Å². The van der Waals surface area contributed by atoms with Gasteiger partial charge in [0.15, 0.2) is 0 Å². The first kappa shape index (κ1) is 15.0. The van der Waals surface area contributed by atoms with E-state index in [-0.39, 0.29) is 12.3 Å². The Morgan fingerprint density at radius 2 is 2.10 bits per heavy atom. The smallest absolute Gasteiger partial charge is 0.307 e. The maximum absolute atomic E-state index is 12.1. The van der Waals surface area contributed by atoms with E-state index in [1.165, 1.54) is 0 Å². The molecule has 0 spiro atoms. The van der Waals surface area contributed by atoms with Gasteiger partial charge in [-0.15, -0.1) is 0 Å². The molecule has 1 N–H and O–H groups in total. The van der Waals surface area contributed by atoms with Crippen molar-refractivity contribution in [3.05, 3.63) is 12.2 Å². The Hall–Kier alpha value is -1.36. The number of aliphatic carboxylic acids is 1. The van der Waals surface area contributed by atoms with Crippen molar-refractivity contribution in [2.45, 2.75) is 32.1 Å². The molecule has 5 nitrogen and oxygen atoms in total. The Labute approximate surface area is 119 Å². The normalized spacial score (nSPS) is 24.4. The van der Waals surface area contributed by atoms with Gasteiger partial charge in [0.25, 0.3) is 0 Å². The molecular formula is C15H23NO4. The molecule has 112 valence electrons. The molecule has 1 aliphatic heterocycles. The van der Waals surface area contributed by atoms with Gasteiger partial charge in [0.2, 0.25) is 5.91 Å². The van der Waals surface area contributed by atoms with Gasteiger partial charge < -0.3 is 14.7 Å². The van der Waals surface area contributed by atoms with Crippen LogP contribution in [0.4, 0.5) is 0 Å². The van der Waals surface area contributed by atoms with Crippen molar-refractivity contribution in [1.29, 1.82) is 0 Å². The lowest BCUT2D eigenvalue weighted by Crippen LogP contribution is -2.42. The van der Waals surface area contributed by atoms with Crippen molar-refractivity contribution in [3.8, 4) is 0 Å². The van der Waals surface area contributed by atoms with E-state index in [1.54, 1.807) is 4.90 Å². The number of hydrogen-bond donors (Lipinski definition) is 1. The summed E-state index contributed by atoms with van der Waals surface area (Å²) in [7, 11) is 0. The average molecular weight is 281 g/mol. The number of morpholine rings is 1. The summed E-state index contributed by atoms with van der Waals surface area (Å²) < 4.78 is 5.20. The van der Waals surface area contributed by atoms with Gasteiger partial charge >= 0.3 is 5.97 Å². The minimum atomic E-state index is -0.856. The van der Waals surface area contributed by atoms with E-state index in [0.717, 1.165) is 19.3 Å². The molecular weight excluding hydrogens is 258 g/mol. The summed E-state index contributed by atoms with van der Waals surface area (Å²) in [5.74, 6) is -1.17. The molecule has 0 aromatic heterocycles. The van der Waals surface area contributed by atoms with Crippen LogP contribution in [0.2, 0.25) is 0 Å². The van der Waals surface area contributed by atoms with Crippen LogP contribution in [0.15, 0.2) is 12.2 Å². The fraction of sp³-hybridized carbons (Fsp3) is 0.733. The minimum absolute atomic E-state index is 0.0551. The Bertz CT molecular complexity index is 374. The van der Waals surface area contributed by atoms with Crippen LogP contribution < -0.4 is 0 Å². The summed E-state index contributed by atoms with van der Waals surface area (Å²) in [6.07, 6.45) is 8.15. The minimum Gasteiger partial charge on any atom is -0.481 e. The van der Waals surface area contributed by atoms with E-state index < -0.39 is 11.9 Å². The van der Waals surface area contributed by atoms with Crippen LogP contribution in [0.1, 0.15) is 32.1 Å². The number of rotatable bonds is 5. The number of nitrogens with zero attached hydrogens (tertiary/aromatic N) is 1. The van der Waals surface area contributed by atoms with Gasteiger partial charge in [-0.3, -0.25) is 9.59 Å². The van der Waals surface area contributed by atoms with Gasteiger partial charge in [0.1, 0.15) is 0 Å². The molecule has 1 aliphatic carbocycles. The molecule has 2 aliphatic rings. The lowest BCUT2D eigenvalue weighted by atomic mass is 9.85. The summed E-state index contributed by atoms with van der Waals surface area (Å²) in [4.78, 5) is 25.2. The quantitative estimate of drug-likeness (QED) is 0.779. The van der Waals surface area contributed by atoms with E-state index in [1.807, 2.05) is 0 Å². The fourth-order valence-electron chi connectivity index (χ4n) is 2.87. The van der Waals surface area contributed by atoms with Crippen molar-refractivity contribution in [1.82, 2.24) is 4.90 Å². The first-order valence-electron chi connectivity index (χ1n) is 7.42. The summed E-state index contributed by atoms with van der Waals surface area (Å²) >= 11 is 0. The Morgan fingerprint density at radius 3 is 2.70 bits per heavy atom. The fourth-order valence-corrected chi connectivity index (χ4v) is 2.87. The highest BCUT2D eigenvalue weighted by atomic mass is 16.5. The average Bonchev–Trinajstić information content (AvgIpc) is 2.48. The molecule has 1 unspecified atom stereocenters. The number of carbonyl (C=O) groups is 2. The molecule has 20 heavy (non-hydrogen) atoms. The number of carbonyl (C=O) groups excluding carboxylic acids is 1. The molecule has 0 saturated carbocycles. The molecule has 1 saturated heterocycles. The SMILES string of the molecule is O=C(O)[C@@H](CC(=O)N1CCOCC1)CC1C=CCCC1. The molecule has 1 fully saturated rings. The van der Waals surface area contributed by atoms with Crippen LogP contribution in [0.5, 0.6) is 0 Å². The third-order valence-corrected chi connectivity index (χ3v) is 4.08. The Kier molecular flexibility index (Phi) is 5.59. The monoisotopic (exact) mass is 281 g/mol. The highest BCUT2D eigenvalue weighted by molar-refractivity contribution is 5.82. The first-order chi connectivity index (χ1) is 9.66. The van der Waals surface area contributed by atoms with Crippen molar-refractivity contribution in [3.63, 3.8) is 0 Å². The number of hydrogen-bond acceptors (Lipinski definition) is 3.